The van der Waals surface area contributed by atoms with Gasteiger partial charge < -0.3 is 0 Å². The van der Waals surface area contributed by atoms with Gasteiger partial charge in [-0.1, -0.05) is 153 Å². The van der Waals surface area contributed by atoms with Gasteiger partial charge >= 0.3 is 0 Å². The van der Waals surface area contributed by atoms with Gasteiger partial charge in [-0.15, -0.1) is 0 Å². The molecule has 1 aliphatic rings. The van der Waals surface area contributed by atoms with E-state index < -0.39 is 8.07 Å². The van der Waals surface area contributed by atoms with Gasteiger partial charge in [0, 0.05) is 16.7 Å². The lowest BCUT2D eigenvalue weighted by atomic mass is 9.94. The Morgan fingerprint density at radius 1 is 0.362 bits per heavy atom. The van der Waals surface area contributed by atoms with E-state index in [9.17, 15) is 0 Å². The van der Waals surface area contributed by atoms with Crippen molar-refractivity contribution in [2.75, 3.05) is 0 Å². The zero-order valence-corrected chi connectivity index (χ0v) is 27.3. The Kier molecular flexibility index (Phi) is 6.27. The second kappa shape index (κ2) is 10.7. The molecular formula is C43H31N3Si. The Labute approximate surface area is 275 Å². The number of fused-ring (bicyclic) bond motifs is 5. The normalized spacial score (nSPS) is 13.1. The maximum atomic E-state index is 5.21. The first-order chi connectivity index (χ1) is 23.0. The molecule has 222 valence electrons. The molecule has 0 N–H and O–H groups in total. The number of rotatable bonds is 4. The molecule has 0 saturated carbocycles. The molecule has 2 heterocycles. The molecule has 47 heavy (non-hydrogen) atoms. The van der Waals surface area contributed by atoms with E-state index in [0.29, 0.717) is 17.5 Å². The number of hydrogen-bond donors (Lipinski definition) is 0. The minimum Gasteiger partial charge on any atom is -0.208 e. The lowest BCUT2D eigenvalue weighted by Crippen LogP contribution is -2.49. The van der Waals surface area contributed by atoms with Crippen molar-refractivity contribution in [1.82, 2.24) is 15.0 Å². The summed E-state index contributed by atoms with van der Waals surface area (Å²) in [6, 6.07) is 54.0. The second-order valence-electron chi connectivity index (χ2n) is 12.9. The van der Waals surface area contributed by atoms with Gasteiger partial charge in [-0.3, -0.25) is 0 Å². The molecule has 1 aromatic heterocycles. The quantitative estimate of drug-likeness (QED) is 0.185. The minimum atomic E-state index is -1.96. The van der Waals surface area contributed by atoms with Gasteiger partial charge in [-0.2, -0.15) is 0 Å². The smallest absolute Gasteiger partial charge is 0.164 e. The average Bonchev–Trinajstić information content (AvgIpc) is 3.35. The van der Waals surface area contributed by atoms with Crippen molar-refractivity contribution in [1.29, 1.82) is 0 Å². The summed E-state index contributed by atoms with van der Waals surface area (Å²) in [6.45, 7) is 4.93. The summed E-state index contributed by atoms with van der Waals surface area (Å²) < 4.78 is 0. The molecule has 0 unspecified atom stereocenters. The van der Waals surface area contributed by atoms with Crippen molar-refractivity contribution in [3.05, 3.63) is 152 Å². The Balaban J connectivity index is 1.23. The number of aromatic nitrogens is 3. The average molecular weight is 618 g/mol. The zero-order chi connectivity index (χ0) is 31.5. The van der Waals surface area contributed by atoms with Gasteiger partial charge in [0.25, 0.3) is 0 Å². The van der Waals surface area contributed by atoms with Gasteiger partial charge in [0.05, 0.1) is 0 Å². The first-order valence-electron chi connectivity index (χ1n) is 16.1. The third-order valence-corrected chi connectivity index (χ3v) is 13.2. The predicted octanol–water partition coefficient (Wildman–Crippen LogP) is 9.65. The van der Waals surface area contributed by atoms with Gasteiger partial charge in [0.15, 0.2) is 17.5 Å². The highest BCUT2D eigenvalue weighted by molar-refractivity contribution is 7.04. The van der Waals surface area contributed by atoms with E-state index in [1.54, 1.807) is 0 Å². The summed E-state index contributed by atoms with van der Waals surface area (Å²) in [4.78, 5) is 15.4. The van der Waals surface area contributed by atoms with Crippen LogP contribution in [0.5, 0.6) is 0 Å². The van der Waals surface area contributed by atoms with Crippen molar-refractivity contribution in [3.8, 4) is 56.4 Å². The fourth-order valence-electron chi connectivity index (χ4n) is 7.27. The maximum absolute atomic E-state index is 5.21. The van der Waals surface area contributed by atoms with Crippen molar-refractivity contribution >= 4 is 40.0 Å². The fraction of sp³-hybridized carbons (Fsp3) is 0.0465. The first-order valence-corrected chi connectivity index (χ1v) is 19.1. The highest BCUT2D eigenvalue weighted by Crippen LogP contribution is 2.37. The fourth-order valence-corrected chi connectivity index (χ4v) is 10.4. The summed E-state index contributed by atoms with van der Waals surface area (Å²) >= 11 is 0. The molecule has 9 rings (SSSR count). The summed E-state index contributed by atoms with van der Waals surface area (Å²) in [7, 11) is -1.96. The summed E-state index contributed by atoms with van der Waals surface area (Å²) in [6.07, 6.45) is 0. The summed E-state index contributed by atoms with van der Waals surface area (Å²) in [5, 5.41) is 7.81. The summed E-state index contributed by atoms with van der Waals surface area (Å²) in [5.74, 6) is 2.04. The van der Waals surface area contributed by atoms with Gasteiger partial charge in [-0.25, -0.2) is 15.0 Å². The van der Waals surface area contributed by atoms with Crippen molar-refractivity contribution in [3.63, 3.8) is 0 Å². The molecule has 0 saturated heterocycles. The van der Waals surface area contributed by atoms with Crippen LogP contribution in [0.25, 0.3) is 78.0 Å². The van der Waals surface area contributed by atoms with Crippen LogP contribution in [0.3, 0.4) is 0 Å². The number of benzene rings is 7. The standard InChI is InChI=1S/C43H31N3Si/c1-47(2)39-27-32(21-22-36(39)38-25-30-17-9-10-18-31(30)26-40(38)47)42-44-41(29-15-7-4-8-16-29)45-43(46-42)37-24-23-33(28-13-5-3-6-14-28)34-19-11-12-20-35(34)37/h3-27H,1-2H3. The molecule has 0 fully saturated rings. The first kappa shape index (κ1) is 27.6. The highest BCUT2D eigenvalue weighted by atomic mass is 28.3. The van der Waals surface area contributed by atoms with Gasteiger partial charge in [0.1, 0.15) is 8.07 Å². The van der Waals surface area contributed by atoms with Crippen LogP contribution in [0.2, 0.25) is 13.1 Å². The molecule has 1 aliphatic heterocycles. The van der Waals surface area contributed by atoms with Gasteiger partial charge in [0.2, 0.25) is 0 Å². The van der Waals surface area contributed by atoms with E-state index in [1.807, 2.05) is 18.2 Å². The molecule has 7 aromatic carbocycles. The van der Waals surface area contributed by atoms with Crippen LogP contribution in [0.1, 0.15) is 0 Å². The van der Waals surface area contributed by atoms with Gasteiger partial charge in [-0.05, 0) is 66.3 Å². The molecule has 8 aromatic rings. The number of nitrogens with zero attached hydrogens (tertiary/aromatic N) is 3. The Bertz CT molecular complexity index is 2490. The molecule has 0 bridgehead atoms. The Morgan fingerprint density at radius 2 is 0.872 bits per heavy atom. The zero-order valence-electron chi connectivity index (χ0n) is 26.3. The lowest BCUT2D eigenvalue weighted by molar-refractivity contribution is 1.08. The van der Waals surface area contributed by atoms with Crippen molar-refractivity contribution < 1.29 is 0 Å². The highest BCUT2D eigenvalue weighted by Gasteiger charge is 2.38. The van der Waals surface area contributed by atoms with E-state index in [1.165, 1.54) is 48.8 Å². The van der Waals surface area contributed by atoms with Crippen LogP contribution in [0, 0.1) is 0 Å². The van der Waals surface area contributed by atoms with Crippen molar-refractivity contribution in [2.24, 2.45) is 0 Å². The van der Waals surface area contributed by atoms with Crippen LogP contribution in [0.15, 0.2) is 152 Å². The third kappa shape index (κ3) is 4.52. The lowest BCUT2D eigenvalue weighted by Gasteiger charge is -2.20. The van der Waals surface area contributed by atoms with E-state index >= 15 is 0 Å². The molecular weight excluding hydrogens is 587 g/mol. The minimum absolute atomic E-state index is 0.674. The maximum Gasteiger partial charge on any atom is 0.164 e. The van der Waals surface area contributed by atoms with E-state index in [0.717, 1.165) is 22.1 Å². The van der Waals surface area contributed by atoms with E-state index in [4.69, 9.17) is 15.0 Å². The topological polar surface area (TPSA) is 38.7 Å². The monoisotopic (exact) mass is 617 g/mol. The van der Waals surface area contributed by atoms with Crippen LogP contribution >= 0.6 is 0 Å². The second-order valence-corrected chi connectivity index (χ2v) is 17.2. The number of hydrogen-bond acceptors (Lipinski definition) is 3. The van der Waals surface area contributed by atoms with Crippen LogP contribution in [0.4, 0.5) is 0 Å². The molecule has 0 radical (unpaired) electrons. The molecule has 4 heteroatoms. The van der Waals surface area contributed by atoms with Crippen molar-refractivity contribution in [2.45, 2.75) is 13.1 Å². The molecule has 0 amide bonds. The van der Waals surface area contributed by atoms with Crippen LogP contribution < -0.4 is 10.4 Å². The predicted molar refractivity (Wildman–Crippen MR) is 199 cm³/mol. The molecule has 0 aliphatic carbocycles. The van der Waals surface area contributed by atoms with Crippen LogP contribution in [-0.4, -0.2) is 23.0 Å². The largest absolute Gasteiger partial charge is 0.208 e. The molecule has 3 nitrogen and oxygen atoms in total. The molecule has 0 spiro atoms. The third-order valence-electron chi connectivity index (χ3n) is 9.72. The Hall–Kier alpha value is -5.71. The van der Waals surface area contributed by atoms with E-state index in [2.05, 4.69) is 147 Å². The summed E-state index contributed by atoms with van der Waals surface area (Å²) in [5.41, 5.74) is 8.08. The van der Waals surface area contributed by atoms with E-state index in [-0.39, 0.29) is 0 Å². The SMILES string of the molecule is C[Si]1(C)c2cc(-c3nc(-c4ccccc4)nc(-c4ccc(-c5ccccc5)c5ccccc45)n3)ccc2-c2cc3ccccc3cc21. The Morgan fingerprint density at radius 3 is 1.60 bits per heavy atom. The van der Waals surface area contributed by atoms with Crippen LogP contribution in [-0.2, 0) is 0 Å². The molecule has 0 atom stereocenters.